The fourth-order valence-electron chi connectivity index (χ4n) is 2.83. The first kappa shape index (κ1) is 16.8. The molecule has 2 aromatic carbocycles. The summed E-state index contributed by atoms with van der Waals surface area (Å²) < 4.78 is 40.0. The lowest BCUT2D eigenvalue weighted by Crippen LogP contribution is -2.32. The van der Waals surface area contributed by atoms with Crippen LogP contribution in [0.2, 0.25) is 0 Å². The lowest BCUT2D eigenvalue weighted by molar-refractivity contribution is 0.438. The second-order valence-corrected chi connectivity index (χ2v) is 7.96. The monoisotopic (exact) mass is 348 g/mol. The van der Waals surface area contributed by atoms with Crippen LogP contribution in [0.4, 0.5) is 15.8 Å². The number of nitrogens with one attached hydrogen (secondary N) is 1. The molecule has 1 aliphatic rings. The van der Waals surface area contributed by atoms with Crippen LogP contribution in [-0.2, 0) is 10.0 Å². The number of rotatable bonds is 4. The minimum atomic E-state index is -3.71. The van der Waals surface area contributed by atoms with E-state index in [4.69, 9.17) is 0 Å². The molecule has 0 radical (unpaired) electrons. The van der Waals surface area contributed by atoms with Crippen molar-refractivity contribution in [3.8, 4) is 0 Å². The topological polar surface area (TPSA) is 49.4 Å². The van der Waals surface area contributed by atoms with Gasteiger partial charge in [0, 0.05) is 24.5 Å². The van der Waals surface area contributed by atoms with E-state index in [0.29, 0.717) is 5.69 Å². The van der Waals surface area contributed by atoms with Gasteiger partial charge in [-0.05, 0) is 67.3 Å². The largest absolute Gasteiger partial charge is 0.372 e. The molecule has 1 N–H and O–H groups in total. The van der Waals surface area contributed by atoms with E-state index < -0.39 is 15.8 Å². The van der Waals surface area contributed by atoms with Crippen LogP contribution in [0.3, 0.4) is 0 Å². The van der Waals surface area contributed by atoms with Crippen LogP contribution in [0.15, 0.2) is 53.4 Å². The quantitative estimate of drug-likeness (QED) is 0.913. The summed E-state index contributed by atoms with van der Waals surface area (Å²) in [6, 6.07) is 12.1. The van der Waals surface area contributed by atoms with Crippen molar-refractivity contribution in [2.45, 2.75) is 24.7 Å². The highest BCUT2D eigenvalue weighted by molar-refractivity contribution is 7.92. The highest BCUT2D eigenvalue weighted by atomic mass is 32.2. The van der Waals surface area contributed by atoms with Crippen LogP contribution in [0.1, 0.15) is 19.8 Å². The molecule has 3 rings (SSSR count). The van der Waals surface area contributed by atoms with Gasteiger partial charge in [0.15, 0.2) is 0 Å². The molecule has 24 heavy (non-hydrogen) atoms. The molecule has 2 aromatic rings. The minimum Gasteiger partial charge on any atom is -0.372 e. The fourth-order valence-corrected chi connectivity index (χ4v) is 3.89. The third kappa shape index (κ3) is 3.87. The summed E-state index contributed by atoms with van der Waals surface area (Å²) in [7, 11) is -3.71. The zero-order valence-corrected chi connectivity index (χ0v) is 14.4. The van der Waals surface area contributed by atoms with Crippen molar-refractivity contribution in [2.24, 2.45) is 5.92 Å². The van der Waals surface area contributed by atoms with Gasteiger partial charge in [0.25, 0.3) is 10.0 Å². The summed E-state index contributed by atoms with van der Waals surface area (Å²) in [5.41, 5.74) is 1.60. The fraction of sp³-hybridized carbons (Fsp3) is 0.333. The standard InChI is InChI=1S/C18H21FN2O2S/c1-14-10-12-21(13-11-14)17-6-4-16(5-7-17)20-24(22,23)18-8-2-15(19)3-9-18/h2-9,14,20H,10-13H2,1H3. The van der Waals surface area contributed by atoms with E-state index in [9.17, 15) is 12.8 Å². The number of piperidine rings is 1. The molecule has 0 atom stereocenters. The van der Waals surface area contributed by atoms with Crippen LogP contribution < -0.4 is 9.62 Å². The van der Waals surface area contributed by atoms with Crippen molar-refractivity contribution in [3.05, 3.63) is 54.3 Å². The number of benzene rings is 2. The predicted octanol–water partition coefficient (Wildman–Crippen LogP) is 3.86. The summed E-state index contributed by atoms with van der Waals surface area (Å²) in [5, 5.41) is 0. The number of halogens is 1. The lowest BCUT2D eigenvalue weighted by atomic mass is 9.99. The Morgan fingerprint density at radius 3 is 2.17 bits per heavy atom. The maximum atomic E-state index is 12.9. The van der Waals surface area contributed by atoms with Crippen LogP contribution in [0.5, 0.6) is 0 Å². The Kier molecular flexibility index (Phi) is 4.76. The molecule has 6 heteroatoms. The summed E-state index contributed by atoms with van der Waals surface area (Å²) >= 11 is 0. The van der Waals surface area contributed by atoms with Gasteiger partial charge in [-0.1, -0.05) is 6.92 Å². The van der Waals surface area contributed by atoms with Crippen LogP contribution in [0, 0.1) is 11.7 Å². The van der Waals surface area contributed by atoms with Crippen LogP contribution >= 0.6 is 0 Å². The van der Waals surface area contributed by atoms with E-state index in [1.165, 1.54) is 25.0 Å². The van der Waals surface area contributed by atoms with Crippen LogP contribution in [-0.4, -0.2) is 21.5 Å². The first-order valence-electron chi connectivity index (χ1n) is 8.07. The Morgan fingerprint density at radius 1 is 1.00 bits per heavy atom. The molecule has 0 saturated carbocycles. The average molecular weight is 348 g/mol. The molecule has 1 aliphatic heterocycles. The number of hydrogen-bond donors (Lipinski definition) is 1. The Hall–Kier alpha value is -2.08. The van der Waals surface area contributed by atoms with Crippen molar-refractivity contribution < 1.29 is 12.8 Å². The van der Waals surface area contributed by atoms with Gasteiger partial charge in [-0.25, -0.2) is 12.8 Å². The molecule has 4 nitrogen and oxygen atoms in total. The number of hydrogen-bond acceptors (Lipinski definition) is 3. The number of anilines is 2. The predicted molar refractivity (Wildman–Crippen MR) is 94.3 cm³/mol. The Bertz CT molecular complexity index is 781. The smallest absolute Gasteiger partial charge is 0.261 e. The zero-order chi connectivity index (χ0) is 17.2. The van der Waals surface area contributed by atoms with Gasteiger partial charge >= 0.3 is 0 Å². The van der Waals surface area contributed by atoms with Gasteiger partial charge in [0.2, 0.25) is 0 Å². The minimum absolute atomic E-state index is 0.0398. The van der Waals surface area contributed by atoms with E-state index in [1.807, 2.05) is 12.1 Å². The molecule has 1 fully saturated rings. The van der Waals surface area contributed by atoms with Gasteiger partial charge in [-0.2, -0.15) is 0 Å². The molecular weight excluding hydrogens is 327 g/mol. The molecule has 0 unspecified atom stereocenters. The highest BCUT2D eigenvalue weighted by Gasteiger charge is 2.17. The molecule has 1 heterocycles. The molecule has 0 amide bonds. The van der Waals surface area contributed by atoms with E-state index in [2.05, 4.69) is 16.5 Å². The summed E-state index contributed by atoms with van der Waals surface area (Å²) in [4.78, 5) is 2.36. The van der Waals surface area contributed by atoms with Crippen molar-refractivity contribution in [3.63, 3.8) is 0 Å². The lowest BCUT2D eigenvalue weighted by Gasteiger charge is -2.32. The number of nitrogens with zero attached hydrogens (tertiary/aromatic N) is 1. The molecular formula is C18H21FN2O2S. The first-order valence-corrected chi connectivity index (χ1v) is 9.56. The van der Waals surface area contributed by atoms with Crippen molar-refractivity contribution in [1.82, 2.24) is 0 Å². The zero-order valence-electron chi connectivity index (χ0n) is 13.6. The summed E-state index contributed by atoms with van der Waals surface area (Å²) in [6.07, 6.45) is 2.36. The maximum absolute atomic E-state index is 12.9. The maximum Gasteiger partial charge on any atom is 0.261 e. The summed E-state index contributed by atoms with van der Waals surface area (Å²) in [6.45, 7) is 4.33. The Morgan fingerprint density at radius 2 is 1.58 bits per heavy atom. The molecule has 0 aliphatic carbocycles. The molecule has 128 valence electrons. The molecule has 0 aromatic heterocycles. The van der Waals surface area contributed by atoms with Crippen molar-refractivity contribution in [2.75, 3.05) is 22.7 Å². The first-order chi connectivity index (χ1) is 11.4. The Labute approximate surface area is 142 Å². The summed E-state index contributed by atoms with van der Waals surface area (Å²) in [5.74, 6) is 0.303. The van der Waals surface area contributed by atoms with Crippen LogP contribution in [0.25, 0.3) is 0 Å². The third-order valence-electron chi connectivity index (χ3n) is 4.39. The van der Waals surface area contributed by atoms with Gasteiger partial charge < -0.3 is 4.90 Å². The molecule has 0 spiro atoms. The Balaban J connectivity index is 1.70. The highest BCUT2D eigenvalue weighted by Crippen LogP contribution is 2.25. The van der Waals surface area contributed by atoms with E-state index in [0.717, 1.165) is 36.8 Å². The molecule has 0 bridgehead atoms. The average Bonchev–Trinajstić information content (AvgIpc) is 2.56. The SMILES string of the molecule is CC1CCN(c2ccc(NS(=O)(=O)c3ccc(F)cc3)cc2)CC1. The van der Waals surface area contributed by atoms with E-state index in [-0.39, 0.29) is 4.90 Å². The van der Waals surface area contributed by atoms with Crippen molar-refractivity contribution >= 4 is 21.4 Å². The second kappa shape index (κ2) is 6.81. The van der Waals surface area contributed by atoms with E-state index >= 15 is 0 Å². The van der Waals surface area contributed by atoms with Gasteiger partial charge in [-0.15, -0.1) is 0 Å². The molecule has 1 saturated heterocycles. The van der Waals surface area contributed by atoms with E-state index in [1.54, 1.807) is 12.1 Å². The van der Waals surface area contributed by atoms with Gasteiger partial charge in [0.1, 0.15) is 5.82 Å². The van der Waals surface area contributed by atoms with Crippen molar-refractivity contribution in [1.29, 1.82) is 0 Å². The third-order valence-corrected chi connectivity index (χ3v) is 5.79. The van der Waals surface area contributed by atoms with Gasteiger partial charge in [-0.3, -0.25) is 4.72 Å². The van der Waals surface area contributed by atoms with Gasteiger partial charge in [0.05, 0.1) is 4.90 Å². The second-order valence-electron chi connectivity index (χ2n) is 6.28. The number of sulfonamides is 1. The normalized spacial score (nSPS) is 16.2.